The minimum atomic E-state index is -4.43. The van der Waals surface area contributed by atoms with Gasteiger partial charge in [-0.25, -0.2) is 12.8 Å². The van der Waals surface area contributed by atoms with Crippen LogP contribution in [0.2, 0.25) is 0 Å². The largest absolute Gasteiger partial charge is 0.493 e. The maximum Gasteiger partial charge on any atom is 0.264 e. The van der Waals surface area contributed by atoms with Gasteiger partial charge in [0.25, 0.3) is 10.0 Å². The topological polar surface area (TPSA) is 105 Å². The van der Waals surface area contributed by atoms with E-state index in [9.17, 15) is 22.4 Å². The molecule has 0 aliphatic rings. The standard InChI is InChI=1S/C36H40FN3O6S/c1-5-26(2)38-36(42)32(22-27-12-8-6-9-13-27)39(24-28-14-10-7-11-15-28)35(41)25-40(30-18-16-29(37)17-19-30)47(43,44)31-20-21-33(45-3)34(23-31)46-4/h6-21,23,26,32H,5,22,24-25H2,1-4H3,(H,38,42)/t26-,32-/m1/s1. The molecule has 0 fully saturated rings. The molecule has 248 valence electrons. The zero-order chi connectivity index (χ0) is 34.0. The Kier molecular flexibility index (Phi) is 12.0. The van der Waals surface area contributed by atoms with Crippen LogP contribution in [0.25, 0.3) is 0 Å². The molecule has 2 atom stereocenters. The van der Waals surface area contributed by atoms with Crippen LogP contribution < -0.4 is 19.1 Å². The highest BCUT2D eigenvalue weighted by atomic mass is 32.2. The van der Waals surface area contributed by atoms with E-state index in [2.05, 4.69) is 5.32 Å². The molecule has 47 heavy (non-hydrogen) atoms. The van der Waals surface area contributed by atoms with Gasteiger partial charge in [0, 0.05) is 25.1 Å². The summed E-state index contributed by atoms with van der Waals surface area (Å²) >= 11 is 0. The van der Waals surface area contributed by atoms with Gasteiger partial charge >= 0.3 is 0 Å². The summed E-state index contributed by atoms with van der Waals surface area (Å²) in [7, 11) is -1.61. The Balaban J connectivity index is 1.81. The van der Waals surface area contributed by atoms with E-state index in [-0.39, 0.29) is 41.2 Å². The molecule has 0 unspecified atom stereocenters. The highest BCUT2D eigenvalue weighted by Gasteiger charge is 2.35. The number of carbonyl (C=O) groups is 2. The van der Waals surface area contributed by atoms with Crippen molar-refractivity contribution in [1.29, 1.82) is 0 Å². The first-order valence-corrected chi connectivity index (χ1v) is 16.7. The van der Waals surface area contributed by atoms with Gasteiger partial charge in [0.05, 0.1) is 24.8 Å². The molecule has 2 amide bonds. The minimum absolute atomic E-state index is 0.0404. The predicted octanol–water partition coefficient (Wildman–Crippen LogP) is 5.59. The van der Waals surface area contributed by atoms with E-state index in [1.165, 1.54) is 49.5 Å². The lowest BCUT2D eigenvalue weighted by atomic mass is 10.0. The summed E-state index contributed by atoms with van der Waals surface area (Å²) in [6.07, 6.45) is 0.874. The maximum absolute atomic E-state index is 14.5. The number of rotatable bonds is 15. The summed E-state index contributed by atoms with van der Waals surface area (Å²) in [5, 5.41) is 3.01. The molecule has 0 spiro atoms. The summed E-state index contributed by atoms with van der Waals surface area (Å²) < 4.78 is 54.1. The van der Waals surface area contributed by atoms with E-state index in [0.717, 1.165) is 27.6 Å². The van der Waals surface area contributed by atoms with Crippen LogP contribution in [0.1, 0.15) is 31.4 Å². The number of nitrogens with one attached hydrogen (secondary N) is 1. The van der Waals surface area contributed by atoms with E-state index < -0.39 is 34.3 Å². The average Bonchev–Trinajstić information content (AvgIpc) is 3.09. The van der Waals surface area contributed by atoms with Crippen LogP contribution >= 0.6 is 0 Å². The smallest absolute Gasteiger partial charge is 0.264 e. The number of amides is 2. The van der Waals surface area contributed by atoms with Crippen LogP contribution in [0.4, 0.5) is 10.1 Å². The first kappa shape index (κ1) is 35.0. The van der Waals surface area contributed by atoms with Crippen molar-refractivity contribution in [3.8, 4) is 11.5 Å². The van der Waals surface area contributed by atoms with Crippen molar-refractivity contribution in [2.75, 3.05) is 25.1 Å². The van der Waals surface area contributed by atoms with Crippen molar-refractivity contribution in [1.82, 2.24) is 10.2 Å². The molecule has 4 aromatic carbocycles. The number of anilines is 1. The van der Waals surface area contributed by atoms with Gasteiger partial charge in [-0.1, -0.05) is 67.6 Å². The molecule has 0 aliphatic carbocycles. The van der Waals surface area contributed by atoms with E-state index in [0.29, 0.717) is 12.2 Å². The second-order valence-electron chi connectivity index (χ2n) is 11.0. The molecular formula is C36H40FN3O6S. The monoisotopic (exact) mass is 661 g/mol. The van der Waals surface area contributed by atoms with E-state index in [1.54, 1.807) is 0 Å². The first-order valence-electron chi connectivity index (χ1n) is 15.2. The number of ether oxygens (including phenoxy) is 2. The fourth-order valence-electron chi connectivity index (χ4n) is 5.02. The van der Waals surface area contributed by atoms with Crippen LogP contribution in [-0.4, -0.2) is 58.0 Å². The second-order valence-corrected chi connectivity index (χ2v) is 12.9. The summed E-state index contributed by atoms with van der Waals surface area (Å²) in [5.74, 6) is -1.06. The molecule has 11 heteroatoms. The number of carbonyl (C=O) groups excluding carboxylic acids is 2. The lowest BCUT2D eigenvalue weighted by Gasteiger charge is -2.34. The molecule has 0 bridgehead atoms. The molecular weight excluding hydrogens is 621 g/mol. The lowest BCUT2D eigenvalue weighted by molar-refractivity contribution is -0.140. The van der Waals surface area contributed by atoms with Crippen molar-refractivity contribution in [3.63, 3.8) is 0 Å². The van der Waals surface area contributed by atoms with Gasteiger partial charge in [0.15, 0.2) is 11.5 Å². The zero-order valence-electron chi connectivity index (χ0n) is 26.9. The predicted molar refractivity (Wildman–Crippen MR) is 179 cm³/mol. The number of sulfonamides is 1. The Morgan fingerprint density at radius 1 is 0.830 bits per heavy atom. The third-order valence-electron chi connectivity index (χ3n) is 7.80. The van der Waals surface area contributed by atoms with Crippen molar-refractivity contribution in [2.24, 2.45) is 0 Å². The summed E-state index contributed by atoms with van der Waals surface area (Å²) in [4.78, 5) is 29.7. The molecule has 1 N–H and O–H groups in total. The number of hydrogen-bond donors (Lipinski definition) is 1. The van der Waals surface area contributed by atoms with Crippen molar-refractivity contribution < 1.29 is 31.9 Å². The Morgan fingerprint density at radius 2 is 1.43 bits per heavy atom. The minimum Gasteiger partial charge on any atom is -0.493 e. The van der Waals surface area contributed by atoms with Gasteiger partial charge in [-0.3, -0.25) is 13.9 Å². The maximum atomic E-state index is 14.5. The van der Waals surface area contributed by atoms with Crippen LogP contribution in [0, 0.1) is 5.82 Å². The molecule has 0 heterocycles. The number of benzene rings is 4. The molecule has 0 aliphatic heterocycles. The van der Waals surface area contributed by atoms with Crippen LogP contribution in [0.3, 0.4) is 0 Å². The Hall–Kier alpha value is -4.90. The number of methoxy groups -OCH3 is 2. The van der Waals surface area contributed by atoms with Gasteiger partial charge in [-0.05, 0) is 60.9 Å². The number of nitrogens with zero attached hydrogens (tertiary/aromatic N) is 2. The average molecular weight is 662 g/mol. The molecule has 0 radical (unpaired) electrons. The summed E-state index contributed by atoms with van der Waals surface area (Å²) in [6.45, 7) is 3.20. The third kappa shape index (κ3) is 8.88. The molecule has 4 rings (SSSR count). The van der Waals surface area contributed by atoms with E-state index in [4.69, 9.17) is 9.47 Å². The molecule has 4 aromatic rings. The zero-order valence-corrected chi connectivity index (χ0v) is 27.7. The second kappa shape index (κ2) is 16.1. The van der Waals surface area contributed by atoms with Gasteiger partial charge in [-0.15, -0.1) is 0 Å². The summed E-state index contributed by atoms with van der Waals surface area (Å²) in [5.41, 5.74) is 1.65. The first-order chi connectivity index (χ1) is 22.6. The van der Waals surface area contributed by atoms with Crippen molar-refractivity contribution >= 4 is 27.5 Å². The SMILES string of the molecule is CC[C@@H](C)NC(=O)[C@@H](Cc1ccccc1)N(Cc1ccccc1)C(=O)CN(c1ccc(F)cc1)S(=O)(=O)c1ccc(OC)c(OC)c1. The van der Waals surface area contributed by atoms with Gasteiger partial charge in [0.1, 0.15) is 18.4 Å². The summed E-state index contributed by atoms with van der Waals surface area (Å²) in [6, 6.07) is 26.3. The van der Waals surface area contributed by atoms with Gasteiger partial charge in [0.2, 0.25) is 11.8 Å². The van der Waals surface area contributed by atoms with Crippen LogP contribution in [0.15, 0.2) is 108 Å². The highest BCUT2D eigenvalue weighted by Crippen LogP contribution is 2.32. The number of halogens is 1. The lowest BCUT2D eigenvalue weighted by Crippen LogP contribution is -2.54. The van der Waals surface area contributed by atoms with Gasteiger partial charge in [-0.2, -0.15) is 0 Å². The third-order valence-corrected chi connectivity index (χ3v) is 9.57. The van der Waals surface area contributed by atoms with Crippen molar-refractivity contribution in [2.45, 2.75) is 50.2 Å². The Labute approximate surface area is 276 Å². The van der Waals surface area contributed by atoms with E-state index >= 15 is 0 Å². The fourth-order valence-corrected chi connectivity index (χ4v) is 6.45. The van der Waals surface area contributed by atoms with Crippen LogP contribution in [0.5, 0.6) is 11.5 Å². The Morgan fingerprint density at radius 3 is 2.00 bits per heavy atom. The van der Waals surface area contributed by atoms with Gasteiger partial charge < -0.3 is 19.7 Å². The molecule has 0 aromatic heterocycles. The van der Waals surface area contributed by atoms with Crippen LogP contribution in [-0.2, 0) is 32.6 Å². The normalized spacial score (nSPS) is 12.4. The number of hydrogen-bond acceptors (Lipinski definition) is 6. The quantitative estimate of drug-likeness (QED) is 0.178. The molecule has 0 saturated heterocycles. The highest BCUT2D eigenvalue weighted by molar-refractivity contribution is 7.92. The fraction of sp³-hybridized carbons (Fsp3) is 0.278. The molecule has 0 saturated carbocycles. The van der Waals surface area contributed by atoms with Crippen molar-refractivity contribution in [3.05, 3.63) is 120 Å². The Bertz CT molecular complexity index is 1740. The molecule has 9 nitrogen and oxygen atoms in total. The van der Waals surface area contributed by atoms with E-state index in [1.807, 2.05) is 74.5 Å².